The highest BCUT2D eigenvalue weighted by atomic mass is 32.2. The van der Waals surface area contributed by atoms with Crippen LogP contribution in [0.25, 0.3) is 0 Å². The lowest BCUT2D eigenvalue weighted by Crippen LogP contribution is -2.45. The number of nitrogens with one attached hydrogen (secondary N) is 1. The normalized spacial score (nSPS) is 16.1. The Bertz CT molecular complexity index is 835. The van der Waals surface area contributed by atoms with Gasteiger partial charge in [0.05, 0.1) is 35.6 Å². The van der Waals surface area contributed by atoms with E-state index in [-0.39, 0.29) is 5.91 Å². The fraction of sp³-hybridized carbons (Fsp3) is 0.529. The van der Waals surface area contributed by atoms with Crippen molar-refractivity contribution in [3.8, 4) is 5.88 Å². The number of anilines is 2. The van der Waals surface area contributed by atoms with Gasteiger partial charge in [-0.25, -0.2) is 4.98 Å². The maximum absolute atomic E-state index is 11.9. The molecule has 0 radical (unpaired) electrons. The number of hydrogen-bond acceptors (Lipinski definition) is 10. The SMILES string of the molecule is COc1nc(N2CCN(C)CC2)nc(C)c1Sc1sncc1NC(=O)C(C)N. The molecule has 0 spiro atoms. The summed E-state index contributed by atoms with van der Waals surface area (Å²) in [5, 5.41) is 2.80. The third kappa shape index (κ3) is 4.72. The van der Waals surface area contributed by atoms with Crippen molar-refractivity contribution >= 4 is 40.8 Å². The van der Waals surface area contributed by atoms with Crippen molar-refractivity contribution in [3.63, 3.8) is 0 Å². The Morgan fingerprint density at radius 3 is 2.71 bits per heavy atom. The van der Waals surface area contributed by atoms with Crippen molar-refractivity contribution in [2.24, 2.45) is 5.73 Å². The number of aryl methyl sites for hydroxylation is 1. The number of nitrogens with two attached hydrogens (primary N) is 1. The fourth-order valence-corrected chi connectivity index (χ4v) is 4.44. The first kappa shape index (κ1) is 20.8. The van der Waals surface area contributed by atoms with E-state index in [1.54, 1.807) is 20.2 Å². The lowest BCUT2D eigenvalue weighted by Gasteiger charge is -2.32. The highest BCUT2D eigenvalue weighted by molar-refractivity contribution is 8.01. The maximum Gasteiger partial charge on any atom is 0.241 e. The summed E-state index contributed by atoms with van der Waals surface area (Å²) in [7, 11) is 3.71. The molecule has 1 atom stereocenters. The van der Waals surface area contributed by atoms with Crippen LogP contribution in [0.4, 0.5) is 11.6 Å². The molecule has 1 saturated heterocycles. The summed E-state index contributed by atoms with van der Waals surface area (Å²) < 4.78 is 10.6. The molecule has 0 saturated carbocycles. The lowest BCUT2D eigenvalue weighted by atomic mass is 10.3. The summed E-state index contributed by atoms with van der Waals surface area (Å²) >= 11 is 2.72. The smallest absolute Gasteiger partial charge is 0.241 e. The van der Waals surface area contributed by atoms with E-state index in [1.165, 1.54) is 23.3 Å². The first-order valence-electron chi connectivity index (χ1n) is 8.94. The number of hydrogen-bond donors (Lipinski definition) is 2. The van der Waals surface area contributed by atoms with Crippen molar-refractivity contribution in [3.05, 3.63) is 11.9 Å². The van der Waals surface area contributed by atoms with Gasteiger partial charge in [-0.05, 0) is 32.4 Å². The van der Waals surface area contributed by atoms with E-state index >= 15 is 0 Å². The molecule has 2 aromatic rings. The molecule has 1 unspecified atom stereocenters. The maximum atomic E-state index is 11.9. The van der Waals surface area contributed by atoms with Crippen LogP contribution in [0, 0.1) is 6.92 Å². The highest BCUT2D eigenvalue weighted by Gasteiger charge is 2.22. The van der Waals surface area contributed by atoms with Crippen LogP contribution in [0.3, 0.4) is 0 Å². The number of piperazine rings is 1. The van der Waals surface area contributed by atoms with Crippen molar-refractivity contribution in [2.75, 3.05) is 50.6 Å². The van der Waals surface area contributed by atoms with E-state index in [9.17, 15) is 4.79 Å². The molecule has 1 fully saturated rings. The average molecular weight is 424 g/mol. The van der Waals surface area contributed by atoms with Crippen LogP contribution in [0.1, 0.15) is 12.6 Å². The van der Waals surface area contributed by atoms with Gasteiger partial charge < -0.3 is 25.6 Å². The van der Waals surface area contributed by atoms with E-state index in [4.69, 9.17) is 15.5 Å². The van der Waals surface area contributed by atoms with Crippen molar-refractivity contribution in [2.45, 2.75) is 29.0 Å². The van der Waals surface area contributed by atoms with Gasteiger partial charge in [-0.15, -0.1) is 0 Å². The van der Waals surface area contributed by atoms with Crippen LogP contribution in [0.15, 0.2) is 15.3 Å². The molecule has 1 aliphatic heterocycles. The van der Waals surface area contributed by atoms with Crippen molar-refractivity contribution < 1.29 is 9.53 Å². The molecule has 3 rings (SSSR count). The third-order valence-corrected chi connectivity index (χ3v) is 6.52. The largest absolute Gasteiger partial charge is 0.480 e. The third-order valence-electron chi connectivity index (χ3n) is 4.38. The Balaban J connectivity index is 1.83. The van der Waals surface area contributed by atoms with E-state index in [0.717, 1.165) is 41.0 Å². The summed E-state index contributed by atoms with van der Waals surface area (Å²) in [6, 6.07) is -0.597. The van der Waals surface area contributed by atoms with Gasteiger partial charge in [0.2, 0.25) is 17.7 Å². The van der Waals surface area contributed by atoms with Gasteiger partial charge in [-0.2, -0.15) is 9.36 Å². The summed E-state index contributed by atoms with van der Waals surface area (Å²) in [6.45, 7) is 7.30. The minimum Gasteiger partial charge on any atom is -0.480 e. The molecule has 3 heterocycles. The van der Waals surface area contributed by atoms with Crippen LogP contribution in [0.2, 0.25) is 0 Å². The predicted octanol–water partition coefficient (Wildman–Crippen LogP) is 1.44. The van der Waals surface area contributed by atoms with Crippen LogP contribution in [0.5, 0.6) is 5.88 Å². The topological polar surface area (TPSA) is 109 Å². The van der Waals surface area contributed by atoms with Gasteiger partial charge >= 0.3 is 0 Å². The Hall–Kier alpha value is -1.95. The van der Waals surface area contributed by atoms with Crippen LogP contribution in [-0.2, 0) is 4.79 Å². The minimum atomic E-state index is -0.597. The number of carbonyl (C=O) groups is 1. The summed E-state index contributed by atoms with van der Waals surface area (Å²) in [5.41, 5.74) is 7.09. The van der Waals surface area contributed by atoms with Gasteiger partial charge in [-0.3, -0.25) is 4.79 Å². The van der Waals surface area contributed by atoms with Gasteiger partial charge in [0.25, 0.3) is 0 Å². The molecule has 0 aromatic carbocycles. The standard InChI is InChI=1S/C17H25N7O2S2/c1-10(18)14(25)21-12-9-19-28-16(12)27-13-11(2)20-17(22-15(13)26-4)24-7-5-23(3)6-8-24/h9-10H,5-8,18H2,1-4H3,(H,21,25). The number of rotatable bonds is 6. The molecule has 1 amide bonds. The Labute approximate surface area is 172 Å². The van der Waals surface area contributed by atoms with Gasteiger partial charge in [0.15, 0.2) is 0 Å². The quantitative estimate of drug-likeness (QED) is 0.713. The van der Waals surface area contributed by atoms with Gasteiger partial charge in [0.1, 0.15) is 4.21 Å². The second-order valence-corrected chi connectivity index (χ2v) is 8.73. The van der Waals surface area contributed by atoms with Crippen LogP contribution in [-0.4, -0.2) is 71.5 Å². The minimum absolute atomic E-state index is 0.257. The second-order valence-electron chi connectivity index (χ2n) is 6.64. The average Bonchev–Trinajstić information content (AvgIpc) is 3.10. The zero-order chi connectivity index (χ0) is 20.3. The Kier molecular flexibility index (Phi) is 6.70. The zero-order valence-corrected chi connectivity index (χ0v) is 18.1. The Morgan fingerprint density at radius 2 is 2.07 bits per heavy atom. The summed E-state index contributed by atoms with van der Waals surface area (Å²) in [6.07, 6.45) is 1.62. The molecule has 0 bridgehead atoms. The second kappa shape index (κ2) is 9.03. The highest BCUT2D eigenvalue weighted by Crippen LogP contribution is 2.42. The molecule has 1 aliphatic rings. The Morgan fingerprint density at radius 1 is 1.36 bits per heavy atom. The number of likely N-dealkylation sites (N-methyl/N-ethyl adjacent to an activating group) is 1. The molecule has 0 aliphatic carbocycles. The molecule has 11 heteroatoms. The van der Waals surface area contributed by atoms with Gasteiger partial charge in [0, 0.05) is 26.2 Å². The van der Waals surface area contributed by atoms with E-state index < -0.39 is 6.04 Å². The molecule has 2 aromatic heterocycles. The predicted molar refractivity (Wildman–Crippen MR) is 112 cm³/mol. The number of amides is 1. The first-order valence-corrected chi connectivity index (χ1v) is 10.5. The monoisotopic (exact) mass is 423 g/mol. The number of ether oxygens (including phenoxy) is 1. The van der Waals surface area contributed by atoms with Crippen LogP contribution >= 0.6 is 23.3 Å². The number of aromatic nitrogens is 3. The molecular formula is C17H25N7O2S2. The molecular weight excluding hydrogens is 398 g/mol. The lowest BCUT2D eigenvalue weighted by molar-refractivity contribution is -0.117. The molecule has 28 heavy (non-hydrogen) atoms. The fourth-order valence-electron chi connectivity index (χ4n) is 2.65. The first-order chi connectivity index (χ1) is 13.4. The molecule has 152 valence electrons. The molecule has 3 N–H and O–H groups in total. The van der Waals surface area contributed by atoms with Crippen molar-refractivity contribution in [1.82, 2.24) is 19.2 Å². The zero-order valence-electron chi connectivity index (χ0n) is 16.4. The number of nitrogens with zero attached hydrogens (tertiary/aromatic N) is 5. The summed E-state index contributed by atoms with van der Waals surface area (Å²) in [5.74, 6) is 0.943. The van der Waals surface area contributed by atoms with Crippen LogP contribution < -0.4 is 20.7 Å². The van der Waals surface area contributed by atoms with Crippen molar-refractivity contribution in [1.29, 1.82) is 0 Å². The number of methoxy groups -OCH3 is 1. The summed E-state index contributed by atoms with van der Waals surface area (Å²) in [4.78, 5) is 26.5. The van der Waals surface area contributed by atoms with E-state index in [1.807, 2.05) is 6.92 Å². The van der Waals surface area contributed by atoms with E-state index in [2.05, 4.69) is 31.5 Å². The number of carbonyl (C=O) groups excluding carboxylic acids is 1. The van der Waals surface area contributed by atoms with Gasteiger partial charge in [-0.1, -0.05) is 11.8 Å². The van der Waals surface area contributed by atoms with E-state index in [0.29, 0.717) is 17.5 Å². The molecule has 9 nitrogen and oxygen atoms in total.